The van der Waals surface area contributed by atoms with Crippen LogP contribution >= 0.6 is 11.3 Å². The zero-order chi connectivity index (χ0) is 12.6. The SMILES string of the molecule is CC(N=NC#CCc1ccccc1)c1cccs1. The molecule has 0 bridgehead atoms. The third kappa shape index (κ3) is 3.83. The molecule has 0 radical (unpaired) electrons. The molecule has 3 heteroatoms. The van der Waals surface area contributed by atoms with E-state index in [-0.39, 0.29) is 6.04 Å². The highest BCUT2D eigenvalue weighted by atomic mass is 32.1. The quantitative estimate of drug-likeness (QED) is 0.570. The number of thiophene rings is 1. The van der Waals surface area contributed by atoms with Crippen molar-refractivity contribution in [3.8, 4) is 12.0 Å². The summed E-state index contributed by atoms with van der Waals surface area (Å²) in [5, 5.41) is 10.1. The van der Waals surface area contributed by atoms with E-state index in [0.29, 0.717) is 6.42 Å². The molecule has 0 saturated heterocycles. The Balaban J connectivity index is 1.85. The van der Waals surface area contributed by atoms with Crippen molar-refractivity contribution in [3.63, 3.8) is 0 Å². The van der Waals surface area contributed by atoms with Crippen molar-refractivity contribution >= 4 is 11.3 Å². The minimum atomic E-state index is 0.0935. The van der Waals surface area contributed by atoms with Crippen LogP contribution in [0.3, 0.4) is 0 Å². The zero-order valence-corrected chi connectivity index (χ0v) is 11.0. The summed E-state index contributed by atoms with van der Waals surface area (Å²) in [6, 6.07) is 17.0. The van der Waals surface area contributed by atoms with Gasteiger partial charge in [-0.15, -0.1) is 16.5 Å². The van der Waals surface area contributed by atoms with Crippen LogP contribution in [-0.2, 0) is 6.42 Å². The highest BCUT2D eigenvalue weighted by molar-refractivity contribution is 7.10. The Morgan fingerprint density at radius 1 is 1.17 bits per heavy atom. The first kappa shape index (κ1) is 12.5. The van der Waals surface area contributed by atoms with Gasteiger partial charge in [0.05, 0.1) is 6.04 Å². The van der Waals surface area contributed by atoms with Crippen molar-refractivity contribution in [2.75, 3.05) is 0 Å². The van der Waals surface area contributed by atoms with E-state index in [2.05, 4.69) is 40.4 Å². The molecule has 2 aromatic rings. The monoisotopic (exact) mass is 254 g/mol. The van der Waals surface area contributed by atoms with Crippen molar-refractivity contribution in [2.45, 2.75) is 19.4 Å². The van der Waals surface area contributed by atoms with Crippen molar-refractivity contribution in [3.05, 3.63) is 58.3 Å². The molecule has 18 heavy (non-hydrogen) atoms. The molecule has 1 aromatic carbocycles. The van der Waals surface area contributed by atoms with Gasteiger partial charge in [0.2, 0.25) is 0 Å². The van der Waals surface area contributed by atoms with Gasteiger partial charge >= 0.3 is 0 Å². The molecule has 1 unspecified atom stereocenters. The second-order valence-electron chi connectivity index (χ2n) is 3.86. The topological polar surface area (TPSA) is 24.7 Å². The molecule has 1 aromatic heterocycles. The Morgan fingerprint density at radius 3 is 2.72 bits per heavy atom. The van der Waals surface area contributed by atoms with E-state index in [1.54, 1.807) is 11.3 Å². The summed E-state index contributed by atoms with van der Waals surface area (Å²) in [5.74, 6) is 3.00. The number of nitrogens with zero attached hydrogens (tertiary/aromatic N) is 2. The molecule has 0 N–H and O–H groups in total. The Hall–Kier alpha value is -1.92. The summed E-state index contributed by atoms with van der Waals surface area (Å²) in [5.41, 5.74) is 1.20. The maximum atomic E-state index is 4.16. The van der Waals surface area contributed by atoms with Gasteiger partial charge in [-0.25, -0.2) is 0 Å². The van der Waals surface area contributed by atoms with Crippen LogP contribution in [0.2, 0.25) is 0 Å². The van der Waals surface area contributed by atoms with Crippen LogP contribution in [0.4, 0.5) is 0 Å². The first-order chi connectivity index (χ1) is 8.86. The van der Waals surface area contributed by atoms with Gasteiger partial charge in [-0.05, 0) is 23.9 Å². The minimum Gasteiger partial charge on any atom is -0.171 e. The van der Waals surface area contributed by atoms with Gasteiger partial charge in [-0.1, -0.05) is 42.3 Å². The van der Waals surface area contributed by atoms with Crippen molar-refractivity contribution in [1.82, 2.24) is 0 Å². The summed E-state index contributed by atoms with van der Waals surface area (Å²) in [6.07, 6.45) is 0.716. The predicted octanol–water partition coefficient (Wildman–Crippen LogP) is 4.46. The van der Waals surface area contributed by atoms with Crippen LogP contribution in [0.1, 0.15) is 23.4 Å². The van der Waals surface area contributed by atoms with Gasteiger partial charge < -0.3 is 0 Å². The van der Waals surface area contributed by atoms with E-state index in [0.717, 1.165) is 0 Å². The smallest absolute Gasteiger partial charge is 0.103 e. The van der Waals surface area contributed by atoms with Crippen molar-refractivity contribution in [2.24, 2.45) is 10.2 Å². The molecule has 2 rings (SSSR count). The summed E-state index contributed by atoms with van der Waals surface area (Å²) in [4.78, 5) is 1.21. The Kier molecular flexibility index (Phi) is 4.68. The standard InChI is InChI=1S/C15H14N2S/c1-13(15-10-6-12-18-15)17-16-11-5-9-14-7-3-2-4-8-14/h2-4,6-8,10,12-13H,9H2,1H3. The van der Waals surface area contributed by atoms with Gasteiger partial charge in [-0.3, -0.25) is 0 Å². The second-order valence-corrected chi connectivity index (χ2v) is 4.84. The largest absolute Gasteiger partial charge is 0.171 e. The summed E-state index contributed by atoms with van der Waals surface area (Å²) < 4.78 is 0. The van der Waals surface area contributed by atoms with E-state index in [1.165, 1.54) is 10.4 Å². The molecular formula is C15H14N2S. The maximum Gasteiger partial charge on any atom is 0.103 e. The van der Waals surface area contributed by atoms with Gasteiger partial charge in [0.1, 0.15) is 6.04 Å². The average Bonchev–Trinajstić information content (AvgIpc) is 2.93. The van der Waals surface area contributed by atoms with E-state index in [9.17, 15) is 0 Å². The fourth-order valence-corrected chi connectivity index (χ4v) is 2.19. The number of hydrogen-bond donors (Lipinski definition) is 0. The number of benzene rings is 1. The molecular weight excluding hydrogens is 240 g/mol. The Morgan fingerprint density at radius 2 is 2.00 bits per heavy atom. The highest BCUT2D eigenvalue weighted by Gasteiger charge is 2.02. The van der Waals surface area contributed by atoms with Crippen LogP contribution in [0.15, 0.2) is 58.1 Å². The van der Waals surface area contributed by atoms with Crippen LogP contribution < -0.4 is 0 Å². The molecule has 0 saturated carbocycles. The molecule has 1 heterocycles. The molecule has 0 aliphatic heterocycles. The van der Waals surface area contributed by atoms with Crippen LogP contribution in [0, 0.1) is 12.0 Å². The van der Waals surface area contributed by atoms with E-state index >= 15 is 0 Å². The lowest BCUT2D eigenvalue weighted by molar-refractivity contribution is 0.782. The number of azo groups is 1. The summed E-state index contributed by atoms with van der Waals surface area (Å²) in [7, 11) is 0. The van der Waals surface area contributed by atoms with Gasteiger partial charge in [0.15, 0.2) is 0 Å². The molecule has 0 amide bonds. The number of rotatable bonds is 3. The van der Waals surface area contributed by atoms with E-state index in [4.69, 9.17) is 0 Å². The lowest BCUT2D eigenvalue weighted by Gasteiger charge is -1.97. The molecule has 0 spiro atoms. The average molecular weight is 254 g/mol. The third-order valence-corrected chi connectivity index (χ3v) is 3.49. The lowest BCUT2D eigenvalue weighted by atomic mass is 10.2. The molecule has 1 atom stereocenters. The van der Waals surface area contributed by atoms with Crippen LogP contribution in [0.25, 0.3) is 0 Å². The molecule has 0 fully saturated rings. The maximum absolute atomic E-state index is 4.16. The fraction of sp³-hybridized carbons (Fsp3) is 0.200. The lowest BCUT2D eigenvalue weighted by Crippen LogP contribution is -1.81. The number of hydrogen-bond acceptors (Lipinski definition) is 3. The summed E-state index contributed by atoms with van der Waals surface area (Å²) >= 11 is 1.69. The van der Waals surface area contributed by atoms with E-state index in [1.807, 2.05) is 36.6 Å². The molecule has 90 valence electrons. The van der Waals surface area contributed by atoms with Crippen LogP contribution in [0.5, 0.6) is 0 Å². The Bertz CT molecular complexity index is 547. The summed E-state index contributed by atoms with van der Waals surface area (Å²) in [6.45, 7) is 2.02. The van der Waals surface area contributed by atoms with Crippen molar-refractivity contribution in [1.29, 1.82) is 0 Å². The Labute approximate surface area is 111 Å². The first-order valence-electron chi connectivity index (χ1n) is 5.81. The van der Waals surface area contributed by atoms with Gasteiger partial charge in [-0.2, -0.15) is 5.11 Å². The minimum absolute atomic E-state index is 0.0935. The first-order valence-corrected chi connectivity index (χ1v) is 6.69. The predicted molar refractivity (Wildman–Crippen MR) is 75.5 cm³/mol. The van der Waals surface area contributed by atoms with Gasteiger partial charge in [0, 0.05) is 11.3 Å². The highest BCUT2D eigenvalue weighted by Crippen LogP contribution is 2.21. The molecule has 2 nitrogen and oxygen atoms in total. The molecule has 0 aliphatic carbocycles. The second kappa shape index (κ2) is 6.73. The fourth-order valence-electron chi connectivity index (χ4n) is 1.47. The van der Waals surface area contributed by atoms with E-state index < -0.39 is 0 Å². The molecule has 0 aliphatic rings. The normalized spacial score (nSPS) is 12.1. The van der Waals surface area contributed by atoms with Gasteiger partial charge in [0.25, 0.3) is 0 Å². The zero-order valence-electron chi connectivity index (χ0n) is 10.2. The van der Waals surface area contributed by atoms with Crippen LogP contribution in [-0.4, -0.2) is 0 Å². The van der Waals surface area contributed by atoms with Crippen molar-refractivity contribution < 1.29 is 0 Å². The third-order valence-electron chi connectivity index (χ3n) is 2.45.